The summed E-state index contributed by atoms with van der Waals surface area (Å²) in [6, 6.07) is 1.56. The monoisotopic (exact) mass is 328 g/mol. The molecule has 0 saturated carbocycles. The Hall–Kier alpha value is -0.120. The van der Waals surface area contributed by atoms with Gasteiger partial charge in [-0.05, 0) is 27.7 Å². The molecule has 3 heterocycles. The van der Waals surface area contributed by atoms with E-state index in [0.717, 1.165) is 48.3 Å². The van der Waals surface area contributed by atoms with Crippen molar-refractivity contribution in [3.8, 4) is 0 Å². The van der Waals surface area contributed by atoms with E-state index in [1.54, 1.807) is 0 Å². The van der Waals surface area contributed by atoms with Crippen LogP contribution in [0.25, 0.3) is 0 Å². The highest BCUT2D eigenvalue weighted by molar-refractivity contribution is 4.80. The first-order chi connectivity index (χ1) is 10.2. The lowest BCUT2D eigenvalue weighted by Crippen LogP contribution is -2.55. The smallest absolute Gasteiger partial charge is 0.0833 e. The first-order valence-corrected chi connectivity index (χ1v) is 9.56. The highest BCUT2D eigenvalue weighted by Crippen LogP contribution is 2.40. The Kier molecular flexibility index (Phi) is 7.13. The normalized spacial score (nSPS) is 42.4. The largest absolute Gasteiger partial charge is 0.393 e. The maximum absolute atomic E-state index is 9.31. The van der Waals surface area contributed by atoms with Gasteiger partial charge >= 0.3 is 0 Å². The van der Waals surface area contributed by atoms with Crippen LogP contribution in [-0.4, -0.2) is 72.0 Å². The van der Waals surface area contributed by atoms with Gasteiger partial charge in [0.25, 0.3) is 0 Å². The average Bonchev–Trinajstić information content (AvgIpc) is 3.02. The second-order valence-electron chi connectivity index (χ2n) is 9.18. The SMILES string of the molecule is C.CC(C)[N+]1(C)CCC(O)CC1.CC1C[N+]2(C(C)C)CCC1C2. The highest BCUT2D eigenvalue weighted by Gasteiger charge is 2.50. The van der Waals surface area contributed by atoms with Crippen molar-refractivity contribution in [2.75, 3.05) is 39.8 Å². The van der Waals surface area contributed by atoms with Gasteiger partial charge in [-0.3, -0.25) is 0 Å². The van der Waals surface area contributed by atoms with Gasteiger partial charge in [-0.1, -0.05) is 14.4 Å². The second kappa shape index (κ2) is 7.84. The maximum atomic E-state index is 9.31. The number of aliphatic hydroxyl groups is 1. The van der Waals surface area contributed by atoms with Gasteiger partial charge in [-0.15, -0.1) is 0 Å². The molecule has 0 spiro atoms. The molecule has 138 valence electrons. The number of fused-ring (bicyclic) bond motifs is 2. The first kappa shape index (κ1) is 20.9. The molecule has 3 aliphatic rings. The van der Waals surface area contributed by atoms with Crippen LogP contribution in [0.4, 0.5) is 0 Å². The first-order valence-electron chi connectivity index (χ1n) is 9.56. The van der Waals surface area contributed by atoms with Crippen molar-refractivity contribution < 1.29 is 14.1 Å². The van der Waals surface area contributed by atoms with E-state index in [1.165, 1.54) is 30.5 Å². The van der Waals surface area contributed by atoms with Crippen molar-refractivity contribution in [3.05, 3.63) is 0 Å². The quantitative estimate of drug-likeness (QED) is 0.769. The van der Waals surface area contributed by atoms with Crippen LogP contribution in [0.1, 0.15) is 61.3 Å². The number of quaternary nitrogens is 2. The van der Waals surface area contributed by atoms with Gasteiger partial charge in [0.05, 0.1) is 58.0 Å². The van der Waals surface area contributed by atoms with Crippen molar-refractivity contribution in [2.24, 2.45) is 11.8 Å². The molecule has 0 aromatic carbocycles. The van der Waals surface area contributed by atoms with Crippen molar-refractivity contribution in [3.63, 3.8) is 0 Å². The summed E-state index contributed by atoms with van der Waals surface area (Å²) in [5.41, 5.74) is 0. The second-order valence-corrected chi connectivity index (χ2v) is 9.18. The maximum Gasteiger partial charge on any atom is 0.0833 e. The fourth-order valence-corrected chi connectivity index (χ4v) is 4.77. The summed E-state index contributed by atoms with van der Waals surface area (Å²) in [5.74, 6) is 2.07. The van der Waals surface area contributed by atoms with Crippen LogP contribution in [0.5, 0.6) is 0 Å². The summed E-state index contributed by atoms with van der Waals surface area (Å²) in [6.45, 7) is 18.4. The van der Waals surface area contributed by atoms with E-state index in [1.807, 2.05) is 0 Å². The number of piperidine rings is 2. The summed E-state index contributed by atoms with van der Waals surface area (Å²) >= 11 is 0. The average molecular weight is 329 g/mol. The number of rotatable bonds is 2. The summed E-state index contributed by atoms with van der Waals surface area (Å²) in [6.07, 6.45) is 3.43. The molecule has 0 aromatic rings. The fraction of sp³-hybridized carbons (Fsp3) is 1.00. The molecule has 3 aliphatic heterocycles. The molecule has 23 heavy (non-hydrogen) atoms. The van der Waals surface area contributed by atoms with Gasteiger partial charge in [-0.25, -0.2) is 0 Å². The van der Waals surface area contributed by atoms with E-state index in [2.05, 4.69) is 41.7 Å². The zero-order valence-electron chi connectivity index (χ0n) is 15.9. The minimum Gasteiger partial charge on any atom is -0.393 e. The van der Waals surface area contributed by atoms with Crippen molar-refractivity contribution in [1.29, 1.82) is 0 Å². The van der Waals surface area contributed by atoms with Crippen LogP contribution in [0, 0.1) is 11.8 Å². The Labute approximate surface area is 145 Å². The lowest BCUT2D eigenvalue weighted by Gasteiger charge is -2.42. The minimum atomic E-state index is -0.0278. The topological polar surface area (TPSA) is 20.2 Å². The Morgan fingerprint density at radius 1 is 0.870 bits per heavy atom. The molecular formula is C20H44N2O+2. The molecule has 0 aliphatic carbocycles. The molecule has 3 nitrogen and oxygen atoms in total. The number of hydrogen-bond donors (Lipinski definition) is 1. The fourth-order valence-electron chi connectivity index (χ4n) is 4.77. The third kappa shape index (κ3) is 4.49. The molecular weight excluding hydrogens is 284 g/mol. The molecule has 3 atom stereocenters. The molecule has 0 amide bonds. The third-order valence-corrected chi connectivity index (χ3v) is 7.29. The summed E-state index contributed by atoms with van der Waals surface area (Å²) in [4.78, 5) is 0. The van der Waals surface area contributed by atoms with E-state index in [0.29, 0.717) is 6.04 Å². The van der Waals surface area contributed by atoms with Gasteiger partial charge in [0, 0.05) is 31.1 Å². The van der Waals surface area contributed by atoms with Crippen LogP contribution in [-0.2, 0) is 0 Å². The zero-order valence-corrected chi connectivity index (χ0v) is 15.9. The Balaban J connectivity index is 0.000000220. The molecule has 2 bridgehead atoms. The van der Waals surface area contributed by atoms with E-state index in [-0.39, 0.29) is 13.5 Å². The summed E-state index contributed by atoms with van der Waals surface area (Å²) < 4.78 is 2.57. The van der Waals surface area contributed by atoms with Crippen molar-refractivity contribution >= 4 is 0 Å². The standard InChI is InChI=1S/C10H20N.C9H20NO.CH4/c1-8(2)11-5-4-10(7-11)9(3)6-11;1-8(2)10(3)6-4-9(11)5-7-10;/h8-10H,4-7H2,1-3H3;8-9,11H,4-7H2,1-3H3;1H4/q2*+1;. The van der Waals surface area contributed by atoms with Crippen LogP contribution in [0.2, 0.25) is 0 Å². The lowest BCUT2D eigenvalue weighted by molar-refractivity contribution is -0.934. The van der Waals surface area contributed by atoms with Crippen molar-refractivity contribution in [1.82, 2.24) is 0 Å². The molecule has 3 saturated heterocycles. The molecule has 0 radical (unpaired) electrons. The molecule has 1 N–H and O–H groups in total. The van der Waals surface area contributed by atoms with Crippen molar-refractivity contribution in [2.45, 2.75) is 79.5 Å². The molecule has 3 heteroatoms. The lowest BCUT2D eigenvalue weighted by atomic mass is 9.94. The van der Waals surface area contributed by atoms with Gasteiger partial charge < -0.3 is 14.1 Å². The number of hydrogen-bond acceptors (Lipinski definition) is 1. The van der Waals surface area contributed by atoms with E-state index >= 15 is 0 Å². The predicted molar refractivity (Wildman–Crippen MR) is 100 cm³/mol. The van der Waals surface area contributed by atoms with Crippen LogP contribution >= 0.6 is 0 Å². The van der Waals surface area contributed by atoms with E-state index in [4.69, 9.17) is 0 Å². The van der Waals surface area contributed by atoms with Crippen LogP contribution < -0.4 is 0 Å². The zero-order chi connectivity index (χ0) is 16.5. The van der Waals surface area contributed by atoms with Crippen LogP contribution in [0.15, 0.2) is 0 Å². The molecule has 3 unspecified atom stereocenters. The van der Waals surface area contributed by atoms with Crippen LogP contribution in [0.3, 0.4) is 0 Å². The Morgan fingerprint density at radius 2 is 1.43 bits per heavy atom. The predicted octanol–water partition coefficient (Wildman–Crippen LogP) is 3.51. The van der Waals surface area contributed by atoms with E-state index < -0.39 is 0 Å². The number of nitrogens with zero attached hydrogens (tertiary/aromatic N) is 2. The summed E-state index contributed by atoms with van der Waals surface area (Å²) in [7, 11) is 2.29. The molecule has 3 rings (SSSR count). The third-order valence-electron chi connectivity index (χ3n) is 7.29. The summed E-state index contributed by atoms with van der Waals surface area (Å²) in [5, 5.41) is 9.31. The van der Waals surface area contributed by atoms with Gasteiger partial charge in [0.15, 0.2) is 0 Å². The number of aliphatic hydroxyl groups excluding tert-OH is 1. The highest BCUT2D eigenvalue weighted by atomic mass is 16.3. The Morgan fingerprint density at radius 3 is 1.74 bits per heavy atom. The molecule has 3 fully saturated rings. The van der Waals surface area contributed by atoms with Gasteiger partial charge in [0.2, 0.25) is 0 Å². The Bertz CT molecular complexity index is 357. The minimum absolute atomic E-state index is 0. The van der Waals surface area contributed by atoms with E-state index in [9.17, 15) is 5.11 Å². The number of likely N-dealkylation sites (tertiary alicyclic amines) is 1. The van der Waals surface area contributed by atoms with Gasteiger partial charge in [-0.2, -0.15) is 0 Å². The van der Waals surface area contributed by atoms with Gasteiger partial charge in [0.1, 0.15) is 0 Å². The molecule has 0 aromatic heterocycles.